The number of thioether (sulfide) groups is 1. The number of aryl methyl sites for hydroxylation is 1. The molecule has 0 unspecified atom stereocenters. The van der Waals surface area contributed by atoms with E-state index in [0.717, 1.165) is 5.16 Å². The van der Waals surface area contributed by atoms with Crippen molar-refractivity contribution in [2.75, 3.05) is 17.7 Å². The molecule has 0 aliphatic carbocycles. The average molecular weight is 305 g/mol. The monoisotopic (exact) mass is 305 g/mol. The fraction of sp³-hybridized carbons (Fsp3) is 0.333. The molecule has 6 heteroatoms. The van der Waals surface area contributed by atoms with Gasteiger partial charge < -0.3 is 14.6 Å². The Morgan fingerprint density at radius 2 is 2.24 bits per heavy atom. The second kappa shape index (κ2) is 7.73. The third kappa shape index (κ3) is 4.53. The number of nitrogens with zero attached hydrogens (tertiary/aromatic N) is 2. The maximum absolute atomic E-state index is 12.0. The second-order valence-corrected chi connectivity index (χ2v) is 5.46. The largest absolute Gasteiger partial charge is 0.492 e. The smallest absolute Gasteiger partial charge is 0.225 e. The van der Waals surface area contributed by atoms with Gasteiger partial charge in [-0.05, 0) is 19.1 Å². The van der Waals surface area contributed by atoms with E-state index in [1.54, 1.807) is 18.0 Å². The van der Waals surface area contributed by atoms with Crippen molar-refractivity contribution in [3.05, 3.63) is 36.7 Å². The molecule has 1 amide bonds. The van der Waals surface area contributed by atoms with E-state index in [9.17, 15) is 4.79 Å². The number of hydrogen-bond acceptors (Lipinski definition) is 4. The summed E-state index contributed by atoms with van der Waals surface area (Å²) in [5, 5.41) is 3.80. The molecule has 1 aromatic heterocycles. The van der Waals surface area contributed by atoms with Crippen LogP contribution in [-0.4, -0.2) is 27.8 Å². The summed E-state index contributed by atoms with van der Waals surface area (Å²) in [6.45, 7) is 2.49. The van der Waals surface area contributed by atoms with E-state index in [0.29, 0.717) is 30.2 Å². The first-order valence-electron chi connectivity index (χ1n) is 6.82. The first-order chi connectivity index (χ1) is 10.2. The third-order valence-corrected chi connectivity index (χ3v) is 3.86. The van der Waals surface area contributed by atoms with Gasteiger partial charge in [0.05, 0.1) is 12.3 Å². The molecule has 0 saturated carbocycles. The van der Waals surface area contributed by atoms with Crippen LogP contribution in [-0.2, 0) is 11.8 Å². The van der Waals surface area contributed by atoms with Gasteiger partial charge >= 0.3 is 0 Å². The van der Waals surface area contributed by atoms with Crippen molar-refractivity contribution in [3.63, 3.8) is 0 Å². The quantitative estimate of drug-likeness (QED) is 0.799. The minimum Gasteiger partial charge on any atom is -0.492 e. The van der Waals surface area contributed by atoms with Crippen LogP contribution in [0.3, 0.4) is 0 Å². The molecule has 0 radical (unpaired) electrons. The Balaban J connectivity index is 1.83. The lowest BCUT2D eigenvalue weighted by Crippen LogP contribution is -2.13. The zero-order valence-electron chi connectivity index (χ0n) is 12.2. The number of para-hydroxylation sites is 2. The van der Waals surface area contributed by atoms with Crippen molar-refractivity contribution in [1.82, 2.24) is 9.55 Å². The third-order valence-electron chi connectivity index (χ3n) is 2.80. The van der Waals surface area contributed by atoms with Crippen LogP contribution in [0.15, 0.2) is 41.8 Å². The summed E-state index contributed by atoms with van der Waals surface area (Å²) in [6, 6.07) is 7.45. The molecule has 21 heavy (non-hydrogen) atoms. The number of carbonyl (C=O) groups excluding carboxylic acids is 1. The highest BCUT2D eigenvalue weighted by molar-refractivity contribution is 7.99. The zero-order chi connectivity index (χ0) is 15.1. The van der Waals surface area contributed by atoms with Crippen LogP contribution in [0.2, 0.25) is 0 Å². The van der Waals surface area contributed by atoms with Gasteiger partial charge in [0.1, 0.15) is 5.75 Å². The molecule has 0 aliphatic rings. The number of amides is 1. The molecule has 0 fully saturated rings. The zero-order valence-corrected chi connectivity index (χ0v) is 13.0. The molecule has 0 saturated heterocycles. The summed E-state index contributed by atoms with van der Waals surface area (Å²) in [4.78, 5) is 16.2. The van der Waals surface area contributed by atoms with Crippen molar-refractivity contribution in [2.24, 2.45) is 7.05 Å². The minimum absolute atomic E-state index is 0.0242. The van der Waals surface area contributed by atoms with Gasteiger partial charge in [-0.3, -0.25) is 4.79 Å². The topological polar surface area (TPSA) is 56.1 Å². The van der Waals surface area contributed by atoms with Gasteiger partial charge in [-0.2, -0.15) is 0 Å². The van der Waals surface area contributed by atoms with E-state index < -0.39 is 0 Å². The fourth-order valence-corrected chi connectivity index (χ4v) is 2.66. The molecule has 2 rings (SSSR count). The molecular formula is C15H19N3O2S. The van der Waals surface area contributed by atoms with E-state index >= 15 is 0 Å². The van der Waals surface area contributed by atoms with Crippen LogP contribution in [0.25, 0.3) is 0 Å². The fourth-order valence-electron chi connectivity index (χ4n) is 1.79. The maximum Gasteiger partial charge on any atom is 0.225 e. The Morgan fingerprint density at radius 1 is 1.43 bits per heavy atom. The number of hydrogen-bond donors (Lipinski definition) is 1. The lowest BCUT2D eigenvalue weighted by atomic mass is 10.3. The van der Waals surface area contributed by atoms with Crippen LogP contribution in [0, 0.1) is 0 Å². The first-order valence-corrected chi connectivity index (χ1v) is 7.81. The van der Waals surface area contributed by atoms with Crippen LogP contribution >= 0.6 is 11.8 Å². The minimum atomic E-state index is -0.0242. The number of benzene rings is 1. The molecule has 0 atom stereocenters. The van der Waals surface area contributed by atoms with Crippen molar-refractivity contribution in [2.45, 2.75) is 18.5 Å². The number of rotatable bonds is 7. The summed E-state index contributed by atoms with van der Waals surface area (Å²) in [7, 11) is 1.94. The lowest BCUT2D eigenvalue weighted by Gasteiger charge is -2.11. The van der Waals surface area contributed by atoms with Crippen molar-refractivity contribution >= 4 is 23.4 Å². The highest BCUT2D eigenvalue weighted by Gasteiger charge is 2.08. The first kappa shape index (κ1) is 15.4. The normalized spacial score (nSPS) is 10.4. The predicted octanol–water partition coefficient (Wildman–Crippen LogP) is 2.94. The second-order valence-electron chi connectivity index (χ2n) is 4.40. The van der Waals surface area contributed by atoms with Gasteiger partial charge in [0, 0.05) is 31.6 Å². The van der Waals surface area contributed by atoms with Gasteiger partial charge in [-0.1, -0.05) is 23.9 Å². The summed E-state index contributed by atoms with van der Waals surface area (Å²) in [6.07, 6.45) is 4.07. The SMILES string of the molecule is CCOc1ccccc1NC(=O)CCSc1nccn1C. The molecule has 0 bridgehead atoms. The van der Waals surface area contributed by atoms with Crippen LogP contribution in [0.5, 0.6) is 5.75 Å². The van der Waals surface area contributed by atoms with E-state index in [4.69, 9.17) is 4.74 Å². The summed E-state index contributed by atoms with van der Waals surface area (Å²) in [5.74, 6) is 1.36. The van der Waals surface area contributed by atoms with Crippen LogP contribution in [0.4, 0.5) is 5.69 Å². The average Bonchev–Trinajstić information content (AvgIpc) is 2.87. The van der Waals surface area contributed by atoms with Gasteiger partial charge in [0.15, 0.2) is 5.16 Å². The maximum atomic E-state index is 12.0. The molecule has 1 heterocycles. The number of imidazole rings is 1. The van der Waals surface area contributed by atoms with E-state index in [-0.39, 0.29) is 5.91 Å². The predicted molar refractivity (Wildman–Crippen MR) is 84.8 cm³/mol. The number of anilines is 1. The molecule has 5 nitrogen and oxygen atoms in total. The van der Waals surface area contributed by atoms with Crippen LogP contribution in [0.1, 0.15) is 13.3 Å². The Hall–Kier alpha value is -1.95. The molecule has 1 aromatic carbocycles. The van der Waals surface area contributed by atoms with Gasteiger partial charge in [-0.15, -0.1) is 0 Å². The van der Waals surface area contributed by atoms with E-state index in [1.807, 2.05) is 49.0 Å². The van der Waals surface area contributed by atoms with Crippen molar-refractivity contribution < 1.29 is 9.53 Å². The number of nitrogens with one attached hydrogen (secondary N) is 1. The molecule has 112 valence electrons. The molecule has 2 aromatic rings. The van der Waals surface area contributed by atoms with Gasteiger partial charge in [0.25, 0.3) is 0 Å². The Kier molecular flexibility index (Phi) is 5.68. The Morgan fingerprint density at radius 3 is 2.95 bits per heavy atom. The Labute approximate surface area is 128 Å². The highest BCUT2D eigenvalue weighted by Crippen LogP contribution is 2.24. The molecule has 0 aliphatic heterocycles. The Bertz CT molecular complexity index is 598. The lowest BCUT2D eigenvalue weighted by molar-refractivity contribution is -0.115. The molecular weight excluding hydrogens is 286 g/mol. The highest BCUT2D eigenvalue weighted by atomic mass is 32.2. The summed E-state index contributed by atoms with van der Waals surface area (Å²) < 4.78 is 7.42. The van der Waals surface area contributed by atoms with Crippen molar-refractivity contribution in [1.29, 1.82) is 0 Å². The van der Waals surface area contributed by atoms with Crippen LogP contribution < -0.4 is 10.1 Å². The summed E-state index contributed by atoms with van der Waals surface area (Å²) >= 11 is 1.57. The number of ether oxygens (including phenoxy) is 1. The van der Waals surface area contributed by atoms with Gasteiger partial charge in [0.2, 0.25) is 5.91 Å². The van der Waals surface area contributed by atoms with Gasteiger partial charge in [-0.25, -0.2) is 4.98 Å². The molecule has 0 spiro atoms. The van der Waals surface area contributed by atoms with E-state index in [2.05, 4.69) is 10.3 Å². The number of carbonyl (C=O) groups is 1. The standard InChI is InChI=1S/C15H19N3O2S/c1-3-20-13-7-5-4-6-12(13)17-14(19)8-11-21-15-16-9-10-18(15)2/h4-7,9-10H,3,8,11H2,1-2H3,(H,17,19). The van der Waals surface area contributed by atoms with E-state index in [1.165, 1.54) is 0 Å². The van der Waals surface area contributed by atoms with Crippen molar-refractivity contribution in [3.8, 4) is 5.75 Å². The summed E-state index contributed by atoms with van der Waals surface area (Å²) in [5.41, 5.74) is 0.714. The molecule has 1 N–H and O–H groups in total. The number of aromatic nitrogens is 2.